The van der Waals surface area contributed by atoms with Gasteiger partial charge in [0, 0.05) is 6.04 Å². The molecule has 10 heteroatoms. The van der Waals surface area contributed by atoms with Crippen molar-refractivity contribution in [2.75, 3.05) is 0 Å². The van der Waals surface area contributed by atoms with Crippen molar-refractivity contribution >= 4 is 34.7 Å². The fourth-order valence-corrected chi connectivity index (χ4v) is 4.23. The Hall–Kier alpha value is -3.14. The Kier molecular flexibility index (Phi) is 5.84. The van der Waals surface area contributed by atoms with Crippen molar-refractivity contribution in [3.63, 3.8) is 0 Å². The van der Waals surface area contributed by atoms with Gasteiger partial charge in [-0.15, -0.1) is 0 Å². The number of carbonyl (C=O) groups excluding carboxylic acids is 2. The van der Waals surface area contributed by atoms with E-state index in [1.54, 1.807) is 11.6 Å². The molecule has 2 aromatic heterocycles. The highest BCUT2D eigenvalue weighted by molar-refractivity contribution is 8.00. The van der Waals surface area contributed by atoms with Crippen LogP contribution in [0.5, 0.6) is 0 Å². The first-order valence-corrected chi connectivity index (χ1v) is 10.7. The van der Waals surface area contributed by atoms with Gasteiger partial charge in [-0.3, -0.25) is 14.9 Å². The average molecular weight is 427 g/mol. The van der Waals surface area contributed by atoms with Crippen molar-refractivity contribution in [1.29, 1.82) is 0 Å². The Morgan fingerprint density at radius 2 is 1.97 bits per heavy atom. The van der Waals surface area contributed by atoms with Gasteiger partial charge >= 0.3 is 6.03 Å². The molecule has 0 unspecified atom stereocenters. The van der Waals surface area contributed by atoms with Gasteiger partial charge < -0.3 is 10.3 Å². The molecule has 1 aliphatic carbocycles. The van der Waals surface area contributed by atoms with Crippen LogP contribution in [0.3, 0.4) is 0 Å². The number of thioether (sulfide) groups is 1. The molecule has 0 saturated heterocycles. The standard InChI is InChI=1S/C20H22N6O3S/c1-12(17(27)24-19(29)22-13-7-5-6-8-13)30-20-23-16-15(18(28)25-20)11-21-26(16)14-9-3-2-4-10-14/h2-4,9-13H,5-8H2,1H3,(H,23,25,28)(H2,22,24,27,29)/t12-/m1/s1. The molecule has 9 nitrogen and oxygen atoms in total. The molecule has 2 heterocycles. The van der Waals surface area contributed by atoms with Crippen LogP contribution in [-0.4, -0.2) is 43.0 Å². The molecule has 1 saturated carbocycles. The average Bonchev–Trinajstić information content (AvgIpc) is 3.38. The summed E-state index contributed by atoms with van der Waals surface area (Å²) in [5.41, 5.74) is 0.839. The zero-order valence-electron chi connectivity index (χ0n) is 16.4. The van der Waals surface area contributed by atoms with Gasteiger partial charge in [-0.25, -0.2) is 14.5 Å². The maximum atomic E-state index is 12.4. The van der Waals surface area contributed by atoms with Gasteiger partial charge in [0.05, 0.1) is 17.1 Å². The number of rotatable bonds is 5. The minimum Gasteiger partial charge on any atom is -0.335 e. The maximum absolute atomic E-state index is 12.4. The monoisotopic (exact) mass is 426 g/mol. The van der Waals surface area contributed by atoms with Gasteiger partial charge in [-0.05, 0) is 31.9 Å². The molecule has 156 valence electrons. The first-order chi connectivity index (χ1) is 14.5. The molecule has 3 aromatic rings. The number of nitrogens with zero attached hydrogens (tertiary/aromatic N) is 3. The topological polar surface area (TPSA) is 122 Å². The van der Waals surface area contributed by atoms with E-state index in [0.717, 1.165) is 43.1 Å². The molecule has 0 spiro atoms. The number of hydrogen-bond donors (Lipinski definition) is 3. The van der Waals surface area contributed by atoms with E-state index in [1.165, 1.54) is 6.20 Å². The van der Waals surface area contributed by atoms with Crippen LogP contribution in [0.25, 0.3) is 16.7 Å². The Morgan fingerprint density at radius 1 is 1.23 bits per heavy atom. The number of fused-ring (bicyclic) bond motifs is 1. The smallest absolute Gasteiger partial charge is 0.321 e. The van der Waals surface area contributed by atoms with Crippen LogP contribution in [0.4, 0.5) is 4.79 Å². The molecular weight excluding hydrogens is 404 g/mol. The Bertz CT molecular complexity index is 1120. The van der Waals surface area contributed by atoms with Crippen molar-refractivity contribution < 1.29 is 9.59 Å². The quantitative estimate of drug-likeness (QED) is 0.425. The molecule has 1 aliphatic rings. The van der Waals surface area contributed by atoms with Crippen molar-refractivity contribution in [3.8, 4) is 5.69 Å². The first-order valence-electron chi connectivity index (χ1n) is 9.83. The number of aromatic amines is 1. The minimum atomic E-state index is -0.631. The predicted octanol–water partition coefficient (Wildman–Crippen LogP) is 2.36. The second kappa shape index (κ2) is 8.70. The number of carbonyl (C=O) groups is 2. The summed E-state index contributed by atoms with van der Waals surface area (Å²) in [6, 6.07) is 8.99. The fraction of sp³-hybridized carbons (Fsp3) is 0.350. The summed E-state index contributed by atoms with van der Waals surface area (Å²) in [7, 11) is 0. The van der Waals surface area contributed by atoms with Gasteiger partial charge in [0.1, 0.15) is 5.39 Å². The summed E-state index contributed by atoms with van der Waals surface area (Å²) >= 11 is 1.07. The van der Waals surface area contributed by atoms with Gasteiger partial charge in [0.25, 0.3) is 5.56 Å². The number of aromatic nitrogens is 4. The second-order valence-electron chi connectivity index (χ2n) is 7.20. The van der Waals surface area contributed by atoms with Crippen LogP contribution in [0, 0.1) is 0 Å². The van der Waals surface area contributed by atoms with Crippen molar-refractivity contribution in [2.24, 2.45) is 0 Å². The van der Waals surface area contributed by atoms with E-state index < -0.39 is 17.2 Å². The van der Waals surface area contributed by atoms with Crippen LogP contribution in [0.2, 0.25) is 0 Å². The molecule has 0 radical (unpaired) electrons. The number of imide groups is 1. The van der Waals surface area contributed by atoms with Gasteiger partial charge in [-0.1, -0.05) is 42.8 Å². The van der Waals surface area contributed by atoms with E-state index in [2.05, 4.69) is 25.7 Å². The normalized spacial score (nSPS) is 15.2. The lowest BCUT2D eigenvalue weighted by Crippen LogP contribution is -2.46. The third-order valence-electron chi connectivity index (χ3n) is 5.00. The largest absolute Gasteiger partial charge is 0.335 e. The second-order valence-corrected chi connectivity index (χ2v) is 8.53. The molecule has 30 heavy (non-hydrogen) atoms. The van der Waals surface area contributed by atoms with E-state index in [0.29, 0.717) is 11.0 Å². The Labute approximate surface area is 176 Å². The molecule has 1 atom stereocenters. The van der Waals surface area contributed by atoms with Gasteiger partial charge in [-0.2, -0.15) is 5.10 Å². The van der Waals surface area contributed by atoms with Crippen LogP contribution in [0.15, 0.2) is 46.5 Å². The Balaban J connectivity index is 1.48. The number of benzene rings is 1. The number of urea groups is 1. The minimum absolute atomic E-state index is 0.125. The highest BCUT2D eigenvalue weighted by Crippen LogP contribution is 2.22. The Morgan fingerprint density at radius 3 is 2.70 bits per heavy atom. The number of amides is 3. The summed E-state index contributed by atoms with van der Waals surface area (Å²) in [4.78, 5) is 44.0. The summed E-state index contributed by atoms with van der Waals surface area (Å²) < 4.78 is 1.58. The maximum Gasteiger partial charge on any atom is 0.321 e. The molecule has 0 bridgehead atoms. The molecule has 3 amide bonds. The van der Waals surface area contributed by atoms with E-state index in [-0.39, 0.29) is 16.8 Å². The van der Waals surface area contributed by atoms with E-state index in [1.807, 2.05) is 30.3 Å². The number of hydrogen-bond acceptors (Lipinski definition) is 6. The predicted molar refractivity (Wildman–Crippen MR) is 114 cm³/mol. The number of H-pyrrole nitrogens is 1. The summed E-state index contributed by atoms with van der Waals surface area (Å²) in [5, 5.41) is 9.45. The highest BCUT2D eigenvalue weighted by Gasteiger charge is 2.22. The van der Waals surface area contributed by atoms with Crippen LogP contribution >= 0.6 is 11.8 Å². The lowest BCUT2D eigenvalue weighted by Gasteiger charge is -2.14. The van der Waals surface area contributed by atoms with Crippen molar-refractivity contribution in [2.45, 2.75) is 49.1 Å². The molecular formula is C20H22N6O3S. The lowest BCUT2D eigenvalue weighted by molar-refractivity contribution is -0.119. The van der Waals surface area contributed by atoms with Crippen molar-refractivity contribution in [1.82, 2.24) is 30.4 Å². The number of nitrogens with one attached hydrogen (secondary N) is 3. The molecule has 1 fully saturated rings. The molecule has 1 aromatic carbocycles. The van der Waals surface area contributed by atoms with Crippen LogP contribution in [0.1, 0.15) is 32.6 Å². The van der Waals surface area contributed by atoms with Crippen LogP contribution in [-0.2, 0) is 4.79 Å². The SMILES string of the molecule is C[C@@H](Sc1nc2c(cnn2-c2ccccc2)c(=O)[nH]1)C(=O)NC(=O)NC1CCCC1. The zero-order valence-corrected chi connectivity index (χ0v) is 17.2. The molecule has 0 aliphatic heterocycles. The zero-order chi connectivity index (χ0) is 21.1. The number of para-hydroxylation sites is 1. The van der Waals surface area contributed by atoms with Crippen LogP contribution < -0.4 is 16.2 Å². The first kappa shape index (κ1) is 20.1. The van der Waals surface area contributed by atoms with Gasteiger partial charge in [0.15, 0.2) is 10.8 Å². The highest BCUT2D eigenvalue weighted by atomic mass is 32.2. The molecule has 4 rings (SSSR count). The molecule has 3 N–H and O–H groups in total. The lowest BCUT2D eigenvalue weighted by atomic mass is 10.2. The fourth-order valence-electron chi connectivity index (χ4n) is 3.44. The summed E-state index contributed by atoms with van der Waals surface area (Å²) in [6.45, 7) is 1.65. The third kappa shape index (κ3) is 4.38. The van der Waals surface area contributed by atoms with E-state index in [4.69, 9.17) is 0 Å². The summed E-state index contributed by atoms with van der Waals surface area (Å²) in [5.74, 6) is -0.449. The third-order valence-corrected chi connectivity index (χ3v) is 5.99. The summed E-state index contributed by atoms with van der Waals surface area (Å²) in [6.07, 6.45) is 5.52. The van der Waals surface area contributed by atoms with E-state index >= 15 is 0 Å². The van der Waals surface area contributed by atoms with E-state index in [9.17, 15) is 14.4 Å². The van der Waals surface area contributed by atoms with Gasteiger partial charge in [0.2, 0.25) is 5.91 Å². The van der Waals surface area contributed by atoms with Crippen molar-refractivity contribution in [3.05, 3.63) is 46.9 Å².